The van der Waals surface area contributed by atoms with Crippen LogP contribution in [0.5, 0.6) is 0 Å². The van der Waals surface area contributed by atoms with Gasteiger partial charge in [0.25, 0.3) is 0 Å². The Morgan fingerprint density at radius 2 is 1.83 bits per heavy atom. The molecule has 0 spiro atoms. The van der Waals surface area contributed by atoms with Gasteiger partial charge in [0.05, 0.1) is 0 Å². The summed E-state index contributed by atoms with van der Waals surface area (Å²) >= 11 is 0. The van der Waals surface area contributed by atoms with Crippen molar-refractivity contribution in [3.8, 4) is 0 Å². The van der Waals surface area contributed by atoms with E-state index in [2.05, 4.69) is 52.8 Å². The number of hydrogen-bond donors (Lipinski definition) is 0. The molecule has 1 unspecified atom stereocenters. The molecule has 1 heterocycles. The monoisotopic (exact) mass is 245 g/mol. The van der Waals surface area contributed by atoms with Crippen molar-refractivity contribution in [2.45, 2.75) is 47.1 Å². The van der Waals surface area contributed by atoms with Crippen molar-refractivity contribution in [2.24, 2.45) is 11.3 Å². The topological polar surface area (TPSA) is 20.3 Å². The van der Waals surface area contributed by atoms with Crippen molar-refractivity contribution < 1.29 is 4.79 Å². The lowest BCUT2D eigenvalue weighted by Crippen LogP contribution is -2.49. The van der Waals surface area contributed by atoms with E-state index in [1.807, 2.05) is 11.0 Å². The highest BCUT2D eigenvalue weighted by molar-refractivity contribution is 5.99. The van der Waals surface area contributed by atoms with Crippen LogP contribution in [0.25, 0.3) is 0 Å². The van der Waals surface area contributed by atoms with E-state index in [-0.39, 0.29) is 23.3 Å². The summed E-state index contributed by atoms with van der Waals surface area (Å²) in [5.74, 6) is 0.353. The second-order valence-corrected chi connectivity index (χ2v) is 6.55. The number of carbonyl (C=O) groups is 1. The van der Waals surface area contributed by atoms with Gasteiger partial charge in [0.1, 0.15) is 0 Å². The fourth-order valence-electron chi connectivity index (χ4n) is 2.72. The molecule has 18 heavy (non-hydrogen) atoms. The van der Waals surface area contributed by atoms with Crippen LogP contribution in [0, 0.1) is 11.3 Å². The summed E-state index contributed by atoms with van der Waals surface area (Å²) in [6, 6.07) is 8.50. The average molecular weight is 245 g/mol. The van der Waals surface area contributed by atoms with Gasteiger partial charge < -0.3 is 4.90 Å². The molecule has 0 saturated heterocycles. The SMILES string of the molecule is CC(C)N1C(=O)C(C(C)(C)C)Cc2ccccc21. The zero-order valence-electron chi connectivity index (χ0n) is 12.0. The van der Waals surface area contributed by atoms with Crippen LogP contribution in [0.15, 0.2) is 24.3 Å². The fourth-order valence-corrected chi connectivity index (χ4v) is 2.72. The Bertz CT molecular complexity index is 456. The maximum Gasteiger partial charge on any atom is 0.231 e. The van der Waals surface area contributed by atoms with Crippen molar-refractivity contribution in [3.63, 3.8) is 0 Å². The minimum absolute atomic E-state index is 0.0117. The Balaban J connectivity index is 2.50. The second kappa shape index (κ2) is 4.42. The van der Waals surface area contributed by atoms with Gasteiger partial charge in [-0.25, -0.2) is 0 Å². The maximum atomic E-state index is 12.7. The third-order valence-corrected chi connectivity index (χ3v) is 3.77. The Morgan fingerprint density at radius 1 is 1.22 bits per heavy atom. The van der Waals surface area contributed by atoms with Crippen LogP contribution in [0.4, 0.5) is 5.69 Å². The van der Waals surface area contributed by atoms with Crippen LogP contribution < -0.4 is 4.90 Å². The molecule has 0 aliphatic carbocycles. The average Bonchev–Trinajstić information content (AvgIpc) is 2.26. The van der Waals surface area contributed by atoms with Gasteiger partial charge in [-0.3, -0.25) is 4.79 Å². The highest BCUT2D eigenvalue weighted by atomic mass is 16.2. The molecule has 1 atom stereocenters. The van der Waals surface area contributed by atoms with Crippen molar-refractivity contribution in [2.75, 3.05) is 4.90 Å². The summed E-state index contributed by atoms with van der Waals surface area (Å²) < 4.78 is 0. The number of benzene rings is 1. The first-order valence-corrected chi connectivity index (χ1v) is 6.73. The number of anilines is 1. The molecule has 2 rings (SSSR count). The largest absolute Gasteiger partial charge is 0.309 e. The standard InChI is InChI=1S/C16H23NO/c1-11(2)17-14-9-7-6-8-12(14)10-13(15(17)18)16(3,4)5/h6-9,11,13H,10H2,1-5H3. The van der Waals surface area contributed by atoms with Crippen LogP contribution in [-0.4, -0.2) is 11.9 Å². The van der Waals surface area contributed by atoms with Crippen molar-refractivity contribution in [3.05, 3.63) is 29.8 Å². The zero-order valence-corrected chi connectivity index (χ0v) is 12.0. The number of rotatable bonds is 1. The molecular formula is C16H23NO. The first-order valence-electron chi connectivity index (χ1n) is 6.73. The van der Waals surface area contributed by atoms with Crippen LogP contribution in [0.2, 0.25) is 0 Å². The van der Waals surface area contributed by atoms with E-state index in [1.54, 1.807) is 0 Å². The van der Waals surface area contributed by atoms with Gasteiger partial charge in [-0.2, -0.15) is 0 Å². The van der Waals surface area contributed by atoms with Gasteiger partial charge in [-0.05, 0) is 37.3 Å². The van der Waals surface area contributed by atoms with E-state index in [0.717, 1.165) is 12.1 Å². The lowest BCUT2D eigenvalue weighted by Gasteiger charge is -2.41. The number of nitrogens with zero attached hydrogens (tertiary/aromatic N) is 1. The van der Waals surface area contributed by atoms with E-state index < -0.39 is 0 Å². The van der Waals surface area contributed by atoms with Crippen molar-refractivity contribution in [1.29, 1.82) is 0 Å². The summed E-state index contributed by atoms with van der Waals surface area (Å²) in [5, 5.41) is 0. The quantitative estimate of drug-likeness (QED) is 0.739. The van der Waals surface area contributed by atoms with Crippen molar-refractivity contribution in [1.82, 2.24) is 0 Å². The Morgan fingerprint density at radius 3 is 2.39 bits per heavy atom. The number of amides is 1. The van der Waals surface area contributed by atoms with Gasteiger partial charge in [-0.1, -0.05) is 39.0 Å². The first kappa shape index (κ1) is 13.1. The molecule has 2 nitrogen and oxygen atoms in total. The minimum Gasteiger partial charge on any atom is -0.309 e. The van der Waals surface area contributed by atoms with E-state index in [0.29, 0.717) is 0 Å². The van der Waals surface area contributed by atoms with E-state index in [4.69, 9.17) is 0 Å². The Kier molecular flexibility index (Phi) is 3.22. The molecule has 0 saturated carbocycles. The molecule has 1 aliphatic rings. The number of hydrogen-bond acceptors (Lipinski definition) is 1. The second-order valence-electron chi connectivity index (χ2n) is 6.55. The normalized spacial score (nSPS) is 20.2. The van der Waals surface area contributed by atoms with Crippen LogP contribution in [0.1, 0.15) is 40.2 Å². The third-order valence-electron chi connectivity index (χ3n) is 3.77. The molecule has 98 valence electrons. The molecule has 1 aromatic rings. The van der Waals surface area contributed by atoms with Crippen molar-refractivity contribution >= 4 is 11.6 Å². The van der Waals surface area contributed by atoms with E-state index >= 15 is 0 Å². The van der Waals surface area contributed by atoms with Gasteiger partial charge in [0.2, 0.25) is 5.91 Å². The molecule has 1 aromatic carbocycles. The van der Waals surface area contributed by atoms with Gasteiger partial charge in [0, 0.05) is 17.6 Å². The molecule has 1 aliphatic heterocycles. The van der Waals surface area contributed by atoms with Gasteiger partial charge >= 0.3 is 0 Å². The number of fused-ring (bicyclic) bond motifs is 1. The van der Waals surface area contributed by atoms with Gasteiger partial charge in [0.15, 0.2) is 0 Å². The summed E-state index contributed by atoms with van der Waals surface area (Å²) in [6.45, 7) is 10.6. The van der Waals surface area contributed by atoms with Gasteiger partial charge in [-0.15, -0.1) is 0 Å². The predicted molar refractivity (Wildman–Crippen MR) is 75.7 cm³/mol. The van der Waals surface area contributed by atoms with Crippen LogP contribution in [-0.2, 0) is 11.2 Å². The maximum absolute atomic E-state index is 12.7. The van der Waals surface area contributed by atoms with E-state index in [9.17, 15) is 4.79 Å². The Labute approximate surface area is 110 Å². The summed E-state index contributed by atoms with van der Waals surface area (Å²) in [7, 11) is 0. The third kappa shape index (κ3) is 2.16. The molecular weight excluding hydrogens is 222 g/mol. The minimum atomic E-state index is 0.0117. The highest BCUT2D eigenvalue weighted by Gasteiger charge is 2.40. The summed E-state index contributed by atoms with van der Waals surface area (Å²) in [6.07, 6.45) is 0.863. The molecule has 0 radical (unpaired) electrons. The molecule has 2 heteroatoms. The molecule has 0 bridgehead atoms. The zero-order chi connectivity index (χ0) is 13.5. The molecule has 0 N–H and O–H groups in total. The number of carbonyl (C=O) groups excluding carboxylic acids is 1. The van der Waals surface area contributed by atoms with Crippen LogP contribution in [0.3, 0.4) is 0 Å². The molecule has 0 fully saturated rings. The van der Waals surface area contributed by atoms with Crippen LogP contribution >= 0.6 is 0 Å². The lowest BCUT2D eigenvalue weighted by atomic mass is 9.74. The smallest absolute Gasteiger partial charge is 0.231 e. The highest BCUT2D eigenvalue weighted by Crippen LogP contribution is 2.39. The summed E-state index contributed by atoms with van der Waals surface area (Å²) in [4.78, 5) is 14.7. The number of para-hydroxylation sites is 1. The van der Waals surface area contributed by atoms with E-state index in [1.165, 1.54) is 5.56 Å². The predicted octanol–water partition coefficient (Wildman–Crippen LogP) is 3.65. The Hall–Kier alpha value is -1.31. The lowest BCUT2D eigenvalue weighted by molar-refractivity contribution is -0.126. The fraction of sp³-hybridized carbons (Fsp3) is 0.562. The summed E-state index contributed by atoms with van der Waals surface area (Å²) in [5.41, 5.74) is 2.40. The first-order chi connectivity index (χ1) is 8.32. The molecule has 1 amide bonds. The molecule has 0 aromatic heterocycles.